The summed E-state index contributed by atoms with van der Waals surface area (Å²) >= 11 is 0. The van der Waals surface area contributed by atoms with E-state index < -0.39 is 0 Å². The minimum atomic E-state index is 0.111. The van der Waals surface area contributed by atoms with Crippen LogP contribution in [0, 0.1) is 6.92 Å². The van der Waals surface area contributed by atoms with E-state index in [4.69, 9.17) is 4.74 Å². The van der Waals surface area contributed by atoms with Crippen molar-refractivity contribution in [2.45, 2.75) is 33.1 Å². The second-order valence-corrected chi connectivity index (χ2v) is 4.12. The number of aryl methyl sites for hydroxylation is 1. The Balaban J connectivity index is 2.14. The van der Waals surface area contributed by atoms with Crippen molar-refractivity contribution in [2.75, 3.05) is 13.2 Å². The van der Waals surface area contributed by atoms with Crippen LogP contribution in [-0.2, 0) is 4.79 Å². The molecular weight excluding hydrogens is 214 g/mol. The molecule has 0 heterocycles. The summed E-state index contributed by atoms with van der Waals surface area (Å²) in [6, 6.07) is 7.90. The number of ether oxygens (including phenoxy) is 1. The molecule has 1 N–H and O–H groups in total. The lowest BCUT2D eigenvalue weighted by atomic mass is 10.2. The van der Waals surface area contributed by atoms with Gasteiger partial charge >= 0.3 is 0 Å². The highest BCUT2D eigenvalue weighted by atomic mass is 16.5. The molecular formula is C14H21NO2. The molecule has 0 saturated carbocycles. The van der Waals surface area contributed by atoms with Gasteiger partial charge in [0.1, 0.15) is 12.4 Å². The van der Waals surface area contributed by atoms with Crippen LogP contribution in [0.4, 0.5) is 0 Å². The van der Waals surface area contributed by atoms with Crippen molar-refractivity contribution in [3.8, 4) is 5.75 Å². The maximum Gasteiger partial charge on any atom is 0.220 e. The van der Waals surface area contributed by atoms with Crippen molar-refractivity contribution >= 4 is 5.91 Å². The van der Waals surface area contributed by atoms with E-state index in [9.17, 15) is 4.79 Å². The Bertz CT molecular complexity index is 350. The van der Waals surface area contributed by atoms with Gasteiger partial charge in [-0.05, 0) is 31.0 Å². The molecule has 0 spiro atoms. The van der Waals surface area contributed by atoms with Gasteiger partial charge in [0, 0.05) is 6.42 Å². The fraction of sp³-hybridized carbons (Fsp3) is 0.500. The first-order chi connectivity index (χ1) is 8.22. The molecule has 0 aliphatic carbocycles. The summed E-state index contributed by atoms with van der Waals surface area (Å²) in [4.78, 5) is 11.3. The molecule has 3 heteroatoms. The fourth-order valence-corrected chi connectivity index (χ4v) is 1.49. The molecule has 0 fully saturated rings. The lowest BCUT2D eigenvalue weighted by Crippen LogP contribution is -2.27. The monoisotopic (exact) mass is 235 g/mol. The minimum absolute atomic E-state index is 0.111. The molecule has 1 rings (SSSR count). The number of carbonyl (C=O) groups is 1. The molecule has 94 valence electrons. The number of unbranched alkanes of at least 4 members (excludes halogenated alkanes) is 1. The topological polar surface area (TPSA) is 38.3 Å². The Morgan fingerprint density at radius 2 is 2.24 bits per heavy atom. The lowest BCUT2D eigenvalue weighted by Gasteiger charge is -2.08. The van der Waals surface area contributed by atoms with Gasteiger partial charge in [-0.1, -0.05) is 25.5 Å². The smallest absolute Gasteiger partial charge is 0.220 e. The zero-order valence-electron chi connectivity index (χ0n) is 10.7. The van der Waals surface area contributed by atoms with Crippen LogP contribution in [0.3, 0.4) is 0 Å². The van der Waals surface area contributed by atoms with E-state index in [1.807, 2.05) is 31.2 Å². The van der Waals surface area contributed by atoms with Gasteiger partial charge in [-0.25, -0.2) is 0 Å². The third-order valence-electron chi connectivity index (χ3n) is 2.44. The molecule has 0 bridgehead atoms. The zero-order valence-corrected chi connectivity index (χ0v) is 10.7. The van der Waals surface area contributed by atoms with E-state index in [0.29, 0.717) is 19.6 Å². The number of amides is 1. The molecule has 0 aromatic heterocycles. The summed E-state index contributed by atoms with van der Waals surface area (Å²) in [5.74, 6) is 0.965. The average Bonchev–Trinajstić information content (AvgIpc) is 2.32. The Labute approximate surface area is 103 Å². The summed E-state index contributed by atoms with van der Waals surface area (Å²) in [7, 11) is 0. The summed E-state index contributed by atoms with van der Waals surface area (Å²) in [5, 5.41) is 2.84. The fourth-order valence-electron chi connectivity index (χ4n) is 1.49. The maximum absolute atomic E-state index is 11.3. The second kappa shape index (κ2) is 7.71. The summed E-state index contributed by atoms with van der Waals surface area (Å²) in [6.45, 7) is 5.19. The first kappa shape index (κ1) is 13.6. The number of hydrogen-bond donors (Lipinski definition) is 1. The molecule has 0 radical (unpaired) electrons. The van der Waals surface area contributed by atoms with Crippen molar-refractivity contribution < 1.29 is 9.53 Å². The molecule has 3 nitrogen and oxygen atoms in total. The first-order valence-corrected chi connectivity index (χ1v) is 6.18. The third-order valence-corrected chi connectivity index (χ3v) is 2.44. The van der Waals surface area contributed by atoms with Crippen LogP contribution in [0.15, 0.2) is 24.3 Å². The molecule has 0 aliphatic rings. The van der Waals surface area contributed by atoms with Crippen LogP contribution in [0.1, 0.15) is 31.7 Å². The molecule has 0 unspecified atom stereocenters. The summed E-state index contributed by atoms with van der Waals surface area (Å²) < 4.78 is 5.53. The number of carbonyl (C=O) groups excluding carboxylic acids is 1. The van der Waals surface area contributed by atoms with Crippen LogP contribution < -0.4 is 10.1 Å². The van der Waals surface area contributed by atoms with Crippen molar-refractivity contribution in [1.82, 2.24) is 5.32 Å². The van der Waals surface area contributed by atoms with Crippen LogP contribution in [0.2, 0.25) is 0 Å². The predicted octanol–water partition coefficient (Wildman–Crippen LogP) is 2.68. The van der Waals surface area contributed by atoms with Gasteiger partial charge in [-0.2, -0.15) is 0 Å². The third kappa shape index (κ3) is 5.95. The number of benzene rings is 1. The average molecular weight is 235 g/mol. The lowest BCUT2D eigenvalue weighted by molar-refractivity contribution is -0.121. The summed E-state index contributed by atoms with van der Waals surface area (Å²) in [5.41, 5.74) is 1.18. The Morgan fingerprint density at radius 1 is 1.41 bits per heavy atom. The van der Waals surface area contributed by atoms with Gasteiger partial charge in [-0.15, -0.1) is 0 Å². The normalized spacial score (nSPS) is 10.0. The van der Waals surface area contributed by atoms with Gasteiger partial charge in [0.2, 0.25) is 5.91 Å². The highest BCUT2D eigenvalue weighted by molar-refractivity contribution is 5.75. The number of nitrogens with one attached hydrogen (secondary N) is 1. The van der Waals surface area contributed by atoms with Crippen LogP contribution >= 0.6 is 0 Å². The quantitative estimate of drug-likeness (QED) is 0.738. The largest absolute Gasteiger partial charge is 0.492 e. The minimum Gasteiger partial charge on any atom is -0.492 e. The maximum atomic E-state index is 11.3. The van der Waals surface area contributed by atoms with E-state index in [2.05, 4.69) is 12.2 Å². The van der Waals surface area contributed by atoms with E-state index in [1.165, 1.54) is 5.56 Å². The van der Waals surface area contributed by atoms with Gasteiger partial charge in [0.05, 0.1) is 6.54 Å². The van der Waals surface area contributed by atoms with Crippen molar-refractivity contribution in [2.24, 2.45) is 0 Å². The van der Waals surface area contributed by atoms with Crippen molar-refractivity contribution in [1.29, 1.82) is 0 Å². The molecule has 0 aliphatic heterocycles. The Morgan fingerprint density at radius 3 is 2.94 bits per heavy atom. The number of rotatable bonds is 7. The van der Waals surface area contributed by atoms with Crippen LogP contribution in [0.5, 0.6) is 5.75 Å². The van der Waals surface area contributed by atoms with Gasteiger partial charge in [0.25, 0.3) is 0 Å². The number of hydrogen-bond acceptors (Lipinski definition) is 2. The summed E-state index contributed by atoms with van der Waals surface area (Å²) in [6.07, 6.45) is 2.61. The van der Waals surface area contributed by atoms with Gasteiger partial charge in [0.15, 0.2) is 0 Å². The highest BCUT2D eigenvalue weighted by Crippen LogP contribution is 2.11. The van der Waals surface area contributed by atoms with E-state index in [1.54, 1.807) is 0 Å². The van der Waals surface area contributed by atoms with Gasteiger partial charge in [-0.3, -0.25) is 4.79 Å². The van der Waals surface area contributed by atoms with Crippen molar-refractivity contribution in [3.05, 3.63) is 29.8 Å². The van der Waals surface area contributed by atoms with E-state index in [-0.39, 0.29) is 5.91 Å². The first-order valence-electron chi connectivity index (χ1n) is 6.18. The van der Waals surface area contributed by atoms with Gasteiger partial charge < -0.3 is 10.1 Å². The van der Waals surface area contributed by atoms with Crippen molar-refractivity contribution in [3.63, 3.8) is 0 Å². The van der Waals surface area contributed by atoms with Crippen LogP contribution in [0.25, 0.3) is 0 Å². The zero-order chi connectivity index (χ0) is 12.5. The second-order valence-electron chi connectivity index (χ2n) is 4.12. The predicted molar refractivity (Wildman–Crippen MR) is 69.2 cm³/mol. The standard InChI is InChI=1S/C14H21NO2/c1-3-4-8-14(16)15-9-10-17-13-7-5-6-12(2)11-13/h5-7,11H,3-4,8-10H2,1-2H3,(H,15,16). The Hall–Kier alpha value is -1.51. The molecule has 1 aromatic rings. The highest BCUT2D eigenvalue weighted by Gasteiger charge is 1.99. The molecule has 0 atom stereocenters. The molecule has 0 saturated heterocycles. The Kier molecular flexibility index (Phi) is 6.15. The molecule has 17 heavy (non-hydrogen) atoms. The molecule has 1 aromatic carbocycles. The molecule has 1 amide bonds. The van der Waals surface area contributed by atoms with Crippen LogP contribution in [-0.4, -0.2) is 19.1 Å². The van der Waals surface area contributed by atoms with E-state index in [0.717, 1.165) is 18.6 Å². The van der Waals surface area contributed by atoms with E-state index >= 15 is 0 Å². The SMILES string of the molecule is CCCCC(=O)NCCOc1cccc(C)c1.